The molecule has 1 unspecified atom stereocenters. The second-order valence-electron chi connectivity index (χ2n) is 4.70. The lowest BCUT2D eigenvalue weighted by Crippen LogP contribution is -2.34. The first-order valence-corrected chi connectivity index (χ1v) is 6.72. The van der Waals surface area contributed by atoms with E-state index in [9.17, 15) is 4.79 Å². The van der Waals surface area contributed by atoms with E-state index in [-0.39, 0.29) is 11.8 Å². The molecule has 19 heavy (non-hydrogen) atoms. The molecular formula is C14H24N4O. The zero-order valence-corrected chi connectivity index (χ0v) is 12.2. The van der Waals surface area contributed by atoms with Gasteiger partial charge in [0.25, 0.3) is 0 Å². The molecule has 0 saturated heterocycles. The summed E-state index contributed by atoms with van der Waals surface area (Å²) in [4.78, 5) is 18.0. The summed E-state index contributed by atoms with van der Waals surface area (Å²) in [6.45, 7) is 5.58. The van der Waals surface area contributed by atoms with Gasteiger partial charge in [0, 0.05) is 27.2 Å². The van der Waals surface area contributed by atoms with Gasteiger partial charge in [-0.25, -0.2) is 4.98 Å². The lowest BCUT2D eigenvalue weighted by atomic mass is 10.1. The zero-order chi connectivity index (χ0) is 14.3. The number of hydrogen-bond acceptors (Lipinski definition) is 4. The highest BCUT2D eigenvalue weighted by Crippen LogP contribution is 2.14. The van der Waals surface area contributed by atoms with Crippen molar-refractivity contribution >= 4 is 17.5 Å². The van der Waals surface area contributed by atoms with Gasteiger partial charge in [-0.05, 0) is 18.6 Å². The Balaban J connectivity index is 2.65. The van der Waals surface area contributed by atoms with E-state index in [0.29, 0.717) is 6.54 Å². The second-order valence-corrected chi connectivity index (χ2v) is 4.70. The number of carbonyl (C=O) groups is 1. The van der Waals surface area contributed by atoms with Gasteiger partial charge < -0.3 is 15.5 Å². The van der Waals surface area contributed by atoms with E-state index >= 15 is 0 Å². The average molecular weight is 264 g/mol. The normalized spacial score (nSPS) is 11.8. The fraction of sp³-hybridized carbons (Fsp3) is 0.571. The minimum Gasteiger partial charge on any atom is -0.370 e. The number of amides is 1. The van der Waals surface area contributed by atoms with E-state index in [1.807, 2.05) is 37.1 Å². The maximum atomic E-state index is 11.5. The van der Waals surface area contributed by atoms with Crippen LogP contribution in [0, 0.1) is 5.92 Å². The predicted molar refractivity (Wildman–Crippen MR) is 79.5 cm³/mol. The Kier molecular flexibility index (Phi) is 6.12. The number of carbonyl (C=O) groups excluding carboxylic acids is 1. The molecule has 0 aliphatic carbocycles. The Labute approximate surface area is 115 Å². The number of anilines is 2. The van der Waals surface area contributed by atoms with E-state index in [4.69, 9.17) is 0 Å². The Morgan fingerprint density at radius 3 is 2.84 bits per heavy atom. The Hall–Kier alpha value is -1.78. The molecule has 106 valence electrons. The molecule has 1 rings (SSSR count). The van der Waals surface area contributed by atoms with Crippen LogP contribution in [0.1, 0.15) is 20.3 Å². The number of aromatic nitrogens is 1. The highest BCUT2D eigenvalue weighted by molar-refractivity contribution is 5.78. The monoisotopic (exact) mass is 264 g/mol. The largest absolute Gasteiger partial charge is 0.370 e. The van der Waals surface area contributed by atoms with E-state index in [0.717, 1.165) is 24.6 Å². The third-order valence-electron chi connectivity index (χ3n) is 2.92. The first kappa shape index (κ1) is 15.3. The van der Waals surface area contributed by atoms with Gasteiger partial charge in [-0.2, -0.15) is 0 Å². The summed E-state index contributed by atoms with van der Waals surface area (Å²) in [5, 5.41) is 5.92. The van der Waals surface area contributed by atoms with Crippen molar-refractivity contribution in [3.63, 3.8) is 0 Å². The van der Waals surface area contributed by atoms with Crippen molar-refractivity contribution < 1.29 is 4.79 Å². The minimum atomic E-state index is -0.0657. The summed E-state index contributed by atoms with van der Waals surface area (Å²) in [6, 6.07) is 5.88. The number of pyridine rings is 1. The van der Waals surface area contributed by atoms with Crippen LogP contribution in [0.25, 0.3) is 0 Å². The fourth-order valence-corrected chi connectivity index (χ4v) is 1.82. The van der Waals surface area contributed by atoms with Gasteiger partial charge in [-0.15, -0.1) is 0 Å². The van der Waals surface area contributed by atoms with Crippen LogP contribution < -0.4 is 15.5 Å². The molecule has 1 atom stereocenters. The van der Waals surface area contributed by atoms with Crippen LogP contribution in [-0.2, 0) is 4.79 Å². The summed E-state index contributed by atoms with van der Waals surface area (Å²) < 4.78 is 0. The smallest absolute Gasteiger partial charge is 0.224 e. The number of nitrogens with one attached hydrogen (secondary N) is 2. The van der Waals surface area contributed by atoms with Crippen molar-refractivity contribution in [3.05, 3.63) is 18.2 Å². The third-order valence-corrected chi connectivity index (χ3v) is 2.92. The average Bonchev–Trinajstić information content (AvgIpc) is 2.44. The lowest BCUT2D eigenvalue weighted by Gasteiger charge is -2.22. The fourth-order valence-electron chi connectivity index (χ4n) is 1.82. The van der Waals surface area contributed by atoms with Gasteiger partial charge >= 0.3 is 0 Å². The quantitative estimate of drug-likeness (QED) is 0.787. The van der Waals surface area contributed by atoms with Crippen LogP contribution in [-0.4, -0.2) is 38.1 Å². The number of nitrogens with zero attached hydrogens (tertiary/aromatic N) is 2. The molecule has 0 saturated carbocycles. The first-order valence-electron chi connectivity index (χ1n) is 6.72. The topological polar surface area (TPSA) is 57.3 Å². The Bertz CT molecular complexity index is 408. The molecule has 5 heteroatoms. The van der Waals surface area contributed by atoms with Crippen LogP contribution in [0.5, 0.6) is 0 Å². The standard InChI is InChI=1S/C14H24N4O/c1-5-9-16-12-7-6-8-13(17-12)18(4)10-11(2)14(19)15-3/h6-8,11H,5,9-10H2,1-4H3,(H,15,19)(H,16,17). The second kappa shape index (κ2) is 7.61. The summed E-state index contributed by atoms with van der Waals surface area (Å²) in [6.07, 6.45) is 1.06. The SMILES string of the molecule is CCCNc1cccc(N(C)CC(C)C(=O)NC)n1. The van der Waals surface area contributed by atoms with E-state index < -0.39 is 0 Å². The molecular weight excluding hydrogens is 240 g/mol. The van der Waals surface area contributed by atoms with E-state index in [1.54, 1.807) is 7.05 Å². The summed E-state index contributed by atoms with van der Waals surface area (Å²) in [5.74, 6) is 1.73. The third kappa shape index (κ3) is 4.77. The lowest BCUT2D eigenvalue weighted by molar-refractivity contribution is -0.123. The highest BCUT2D eigenvalue weighted by atomic mass is 16.1. The summed E-state index contributed by atoms with van der Waals surface area (Å²) in [7, 11) is 3.61. The molecule has 1 heterocycles. The van der Waals surface area contributed by atoms with Gasteiger partial charge in [0.1, 0.15) is 11.6 Å². The van der Waals surface area contributed by atoms with Crippen molar-refractivity contribution in [2.75, 3.05) is 37.4 Å². The van der Waals surface area contributed by atoms with Crippen molar-refractivity contribution in [1.29, 1.82) is 0 Å². The molecule has 0 bridgehead atoms. The maximum absolute atomic E-state index is 11.5. The molecule has 0 aliphatic heterocycles. The first-order chi connectivity index (χ1) is 9.08. The number of rotatable bonds is 7. The van der Waals surface area contributed by atoms with Crippen molar-refractivity contribution in [2.24, 2.45) is 5.92 Å². The van der Waals surface area contributed by atoms with Crippen molar-refractivity contribution in [2.45, 2.75) is 20.3 Å². The van der Waals surface area contributed by atoms with E-state index in [2.05, 4.69) is 22.5 Å². The molecule has 0 spiro atoms. The molecule has 0 aliphatic rings. The Morgan fingerprint density at radius 1 is 1.47 bits per heavy atom. The van der Waals surface area contributed by atoms with Crippen LogP contribution in [0.15, 0.2) is 18.2 Å². The molecule has 0 radical (unpaired) electrons. The minimum absolute atomic E-state index is 0.0483. The van der Waals surface area contributed by atoms with Crippen molar-refractivity contribution in [1.82, 2.24) is 10.3 Å². The molecule has 0 aromatic carbocycles. The van der Waals surface area contributed by atoms with Gasteiger partial charge in [0.05, 0.1) is 5.92 Å². The van der Waals surface area contributed by atoms with Crippen molar-refractivity contribution in [3.8, 4) is 0 Å². The summed E-state index contributed by atoms with van der Waals surface area (Å²) in [5.41, 5.74) is 0. The number of hydrogen-bond donors (Lipinski definition) is 2. The molecule has 1 amide bonds. The maximum Gasteiger partial charge on any atom is 0.224 e. The van der Waals surface area contributed by atoms with Crippen LogP contribution in [0.2, 0.25) is 0 Å². The van der Waals surface area contributed by atoms with Gasteiger partial charge in [-0.1, -0.05) is 19.9 Å². The summed E-state index contributed by atoms with van der Waals surface area (Å²) >= 11 is 0. The predicted octanol–water partition coefficient (Wildman–Crippen LogP) is 1.72. The molecule has 2 N–H and O–H groups in total. The molecule has 0 fully saturated rings. The van der Waals surface area contributed by atoms with E-state index in [1.165, 1.54) is 0 Å². The van der Waals surface area contributed by atoms with Crippen LogP contribution in [0.4, 0.5) is 11.6 Å². The van der Waals surface area contributed by atoms with Gasteiger partial charge in [-0.3, -0.25) is 4.79 Å². The molecule has 1 aromatic rings. The zero-order valence-electron chi connectivity index (χ0n) is 12.2. The van der Waals surface area contributed by atoms with Gasteiger partial charge in [0.2, 0.25) is 5.91 Å². The van der Waals surface area contributed by atoms with Crippen LogP contribution >= 0.6 is 0 Å². The van der Waals surface area contributed by atoms with Crippen LogP contribution in [0.3, 0.4) is 0 Å². The molecule has 5 nitrogen and oxygen atoms in total. The van der Waals surface area contributed by atoms with Gasteiger partial charge in [0.15, 0.2) is 0 Å². The Morgan fingerprint density at radius 2 is 2.21 bits per heavy atom. The highest BCUT2D eigenvalue weighted by Gasteiger charge is 2.14. The molecule has 1 aromatic heterocycles.